The normalized spacial score (nSPS) is 9.81. The minimum absolute atomic E-state index is 0.329. The molecule has 0 bridgehead atoms. The average molecular weight is 284 g/mol. The second kappa shape index (κ2) is 6.56. The first-order valence-corrected chi connectivity index (χ1v) is 6.47. The van der Waals surface area contributed by atoms with E-state index in [1.54, 1.807) is 24.3 Å². The van der Waals surface area contributed by atoms with Crippen molar-refractivity contribution in [2.75, 3.05) is 10.6 Å². The van der Waals surface area contributed by atoms with Crippen molar-refractivity contribution in [1.82, 2.24) is 0 Å². The van der Waals surface area contributed by atoms with Gasteiger partial charge < -0.3 is 15.4 Å². The first-order valence-electron chi connectivity index (χ1n) is 6.47. The predicted octanol–water partition coefficient (Wildman–Crippen LogP) is 3.56. The predicted molar refractivity (Wildman–Crippen MR) is 81.6 cm³/mol. The molecular formula is C16H16N2O3. The molecule has 0 spiro atoms. The summed E-state index contributed by atoms with van der Waals surface area (Å²) in [6.07, 6.45) is 0. The SMILES string of the molecule is CC(=O)Oc1ccc(NC(=O)Nc2ccccc2C)cc1. The summed E-state index contributed by atoms with van der Waals surface area (Å²) < 4.78 is 4.92. The third-order valence-corrected chi connectivity index (χ3v) is 2.77. The smallest absolute Gasteiger partial charge is 0.323 e. The van der Waals surface area contributed by atoms with Gasteiger partial charge in [0.2, 0.25) is 0 Å². The van der Waals surface area contributed by atoms with Crippen LogP contribution in [0.3, 0.4) is 0 Å². The number of nitrogens with one attached hydrogen (secondary N) is 2. The summed E-state index contributed by atoms with van der Waals surface area (Å²) in [6.45, 7) is 3.26. The zero-order valence-corrected chi connectivity index (χ0v) is 11.8. The molecule has 0 saturated carbocycles. The Morgan fingerprint density at radius 2 is 1.62 bits per heavy atom. The monoisotopic (exact) mass is 284 g/mol. The zero-order chi connectivity index (χ0) is 15.2. The van der Waals surface area contributed by atoms with Crippen LogP contribution in [-0.4, -0.2) is 12.0 Å². The maximum absolute atomic E-state index is 11.9. The number of carbonyl (C=O) groups excluding carboxylic acids is 2. The lowest BCUT2D eigenvalue weighted by Crippen LogP contribution is -2.19. The first kappa shape index (κ1) is 14.6. The Hall–Kier alpha value is -2.82. The minimum Gasteiger partial charge on any atom is -0.427 e. The lowest BCUT2D eigenvalue weighted by molar-refractivity contribution is -0.131. The number of carbonyl (C=O) groups is 2. The molecule has 5 heteroatoms. The standard InChI is InChI=1S/C16H16N2O3/c1-11-5-3-4-6-15(11)18-16(20)17-13-7-9-14(10-8-13)21-12(2)19/h3-10H,1-2H3,(H2,17,18,20). The molecule has 0 atom stereocenters. The van der Waals surface area contributed by atoms with Gasteiger partial charge in [-0.05, 0) is 42.8 Å². The highest BCUT2D eigenvalue weighted by molar-refractivity contribution is 6.00. The number of amides is 2. The number of rotatable bonds is 3. The number of esters is 1. The molecule has 0 fully saturated rings. The molecule has 2 aromatic carbocycles. The molecule has 0 aromatic heterocycles. The van der Waals surface area contributed by atoms with E-state index in [1.807, 2.05) is 31.2 Å². The number of hydrogen-bond acceptors (Lipinski definition) is 3. The Labute approximate surface area is 122 Å². The van der Waals surface area contributed by atoms with Crippen molar-refractivity contribution in [3.05, 3.63) is 54.1 Å². The summed E-state index contributed by atoms with van der Waals surface area (Å²) in [4.78, 5) is 22.7. The van der Waals surface area contributed by atoms with Crippen LogP contribution < -0.4 is 15.4 Å². The van der Waals surface area contributed by atoms with E-state index in [4.69, 9.17) is 4.74 Å². The molecule has 0 aliphatic heterocycles. The molecule has 0 heterocycles. The average Bonchev–Trinajstić information content (AvgIpc) is 2.43. The van der Waals surface area contributed by atoms with Crippen molar-refractivity contribution in [3.8, 4) is 5.75 Å². The molecule has 2 aromatic rings. The van der Waals surface area contributed by atoms with Gasteiger partial charge in [-0.3, -0.25) is 4.79 Å². The molecule has 21 heavy (non-hydrogen) atoms. The highest BCUT2D eigenvalue weighted by atomic mass is 16.5. The molecule has 2 N–H and O–H groups in total. The van der Waals surface area contributed by atoms with Crippen molar-refractivity contribution in [2.24, 2.45) is 0 Å². The maximum atomic E-state index is 11.9. The molecule has 0 aliphatic carbocycles. The van der Waals surface area contributed by atoms with E-state index in [-0.39, 0.29) is 12.0 Å². The van der Waals surface area contributed by atoms with Crippen LogP contribution in [0, 0.1) is 6.92 Å². The second-order valence-electron chi connectivity index (χ2n) is 4.51. The van der Waals surface area contributed by atoms with E-state index in [0.717, 1.165) is 11.3 Å². The zero-order valence-electron chi connectivity index (χ0n) is 11.8. The van der Waals surface area contributed by atoms with Crippen molar-refractivity contribution in [1.29, 1.82) is 0 Å². The molecule has 0 aliphatic rings. The van der Waals surface area contributed by atoms with Crippen LogP contribution in [0.5, 0.6) is 5.75 Å². The largest absolute Gasteiger partial charge is 0.427 e. The van der Waals surface area contributed by atoms with Gasteiger partial charge in [0.05, 0.1) is 0 Å². The molecule has 0 unspecified atom stereocenters. The van der Waals surface area contributed by atoms with Crippen molar-refractivity contribution < 1.29 is 14.3 Å². The van der Waals surface area contributed by atoms with Crippen molar-refractivity contribution >= 4 is 23.4 Å². The van der Waals surface area contributed by atoms with Crippen LogP contribution >= 0.6 is 0 Å². The summed E-state index contributed by atoms with van der Waals surface area (Å²) in [6, 6.07) is 13.7. The summed E-state index contributed by atoms with van der Waals surface area (Å²) in [5, 5.41) is 5.48. The molecule has 5 nitrogen and oxygen atoms in total. The van der Waals surface area contributed by atoms with Crippen molar-refractivity contribution in [2.45, 2.75) is 13.8 Å². The Balaban J connectivity index is 1.96. The van der Waals surface area contributed by atoms with Crippen LogP contribution in [-0.2, 0) is 4.79 Å². The van der Waals surface area contributed by atoms with Gasteiger partial charge in [0.15, 0.2) is 0 Å². The van der Waals surface area contributed by atoms with Crippen LogP contribution in [0.25, 0.3) is 0 Å². The topological polar surface area (TPSA) is 67.4 Å². The number of urea groups is 1. The summed E-state index contributed by atoms with van der Waals surface area (Å²) in [5.74, 6) is 0.0559. The summed E-state index contributed by atoms with van der Waals surface area (Å²) in [7, 11) is 0. The number of hydrogen-bond donors (Lipinski definition) is 2. The van der Waals surface area contributed by atoms with Gasteiger partial charge in [-0.1, -0.05) is 18.2 Å². The Kier molecular flexibility index (Phi) is 4.56. The van der Waals surface area contributed by atoms with Crippen molar-refractivity contribution in [3.63, 3.8) is 0 Å². The van der Waals surface area contributed by atoms with Gasteiger partial charge >= 0.3 is 12.0 Å². The van der Waals surface area contributed by atoms with Gasteiger partial charge in [-0.25, -0.2) is 4.79 Å². The highest BCUT2D eigenvalue weighted by Gasteiger charge is 2.05. The van der Waals surface area contributed by atoms with E-state index < -0.39 is 0 Å². The third-order valence-electron chi connectivity index (χ3n) is 2.77. The van der Waals surface area contributed by atoms with Gasteiger partial charge in [0.1, 0.15) is 5.75 Å². The van der Waals surface area contributed by atoms with Crippen LogP contribution in [0.2, 0.25) is 0 Å². The minimum atomic E-state index is -0.381. The van der Waals surface area contributed by atoms with Gasteiger partial charge in [0.25, 0.3) is 0 Å². The van der Waals surface area contributed by atoms with Crippen LogP contribution in [0.15, 0.2) is 48.5 Å². The Morgan fingerprint density at radius 1 is 0.952 bits per heavy atom. The number of anilines is 2. The van der Waals surface area contributed by atoms with Gasteiger partial charge in [0, 0.05) is 18.3 Å². The number of aryl methyl sites for hydroxylation is 1. The molecular weight excluding hydrogens is 268 g/mol. The fraction of sp³-hybridized carbons (Fsp3) is 0.125. The Morgan fingerprint density at radius 3 is 2.24 bits per heavy atom. The number of para-hydroxylation sites is 1. The van der Waals surface area contributed by atoms with E-state index in [0.29, 0.717) is 11.4 Å². The third kappa shape index (κ3) is 4.35. The lowest BCUT2D eigenvalue weighted by atomic mass is 10.2. The fourth-order valence-electron chi connectivity index (χ4n) is 1.77. The first-order chi connectivity index (χ1) is 10.0. The molecule has 2 amide bonds. The summed E-state index contributed by atoms with van der Waals surface area (Å²) in [5.41, 5.74) is 2.35. The number of benzene rings is 2. The molecule has 0 saturated heterocycles. The maximum Gasteiger partial charge on any atom is 0.323 e. The quantitative estimate of drug-likeness (QED) is 0.669. The number of ether oxygens (including phenoxy) is 1. The molecule has 108 valence electrons. The van der Waals surface area contributed by atoms with E-state index in [1.165, 1.54) is 6.92 Å². The molecule has 0 radical (unpaired) electrons. The fourth-order valence-corrected chi connectivity index (χ4v) is 1.77. The second-order valence-corrected chi connectivity index (χ2v) is 4.51. The van der Waals surface area contributed by atoms with Crippen LogP contribution in [0.4, 0.5) is 16.2 Å². The van der Waals surface area contributed by atoms with Gasteiger partial charge in [-0.15, -0.1) is 0 Å². The summed E-state index contributed by atoms with van der Waals surface area (Å²) >= 11 is 0. The van der Waals surface area contributed by atoms with E-state index in [2.05, 4.69) is 10.6 Å². The lowest BCUT2D eigenvalue weighted by Gasteiger charge is -2.10. The van der Waals surface area contributed by atoms with E-state index >= 15 is 0 Å². The van der Waals surface area contributed by atoms with Gasteiger partial charge in [-0.2, -0.15) is 0 Å². The highest BCUT2D eigenvalue weighted by Crippen LogP contribution is 2.17. The Bertz CT molecular complexity index is 651. The molecule has 2 rings (SSSR count). The van der Waals surface area contributed by atoms with E-state index in [9.17, 15) is 9.59 Å². The van der Waals surface area contributed by atoms with Crippen LogP contribution in [0.1, 0.15) is 12.5 Å².